The Hall–Kier alpha value is -1.71. The fourth-order valence-electron chi connectivity index (χ4n) is 8.84. The van der Waals surface area contributed by atoms with Crippen LogP contribution in [0.3, 0.4) is 0 Å². The summed E-state index contributed by atoms with van der Waals surface area (Å²) < 4.78 is 16.8. The first-order valence-electron chi connectivity index (χ1n) is 27.1. The van der Waals surface area contributed by atoms with Crippen molar-refractivity contribution < 1.29 is 28.6 Å². The molecule has 1 fully saturated rings. The molecule has 0 spiro atoms. The molecule has 0 saturated carbocycles. The van der Waals surface area contributed by atoms with Gasteiger partial charge in [0.05, 0.1) is 12.3 Å². The average Bonchev–Trinajstić information content (AvgIpc) is 3.30. The summed E-state index contributed by atoms with van der Waals surface area (Å²) in [7, 11) is 3.25. The van der Waals surface area contributed by atoms with Crippen molar-refractivity contribution >= 4 is 39.5 Å². The first kappa shape index (κ1) is 58.4. The van der Waals surface area contributed by atoms with Crippen LogP contribution in [0.1, 0.15) is 244 Å². The second-order valence-electron chi connectivity index (χ2n) is 18.8. The number of piperidine rings is 1. The first-order chi connectivity index (χ1) is 31.5. The Kier molecular flexibility index (Phi) is 40.0. The quantitative estimate of drug-likeness (QED) is 0.0275. The topological polar surface area (TPSA) is 82.1 Å². The van der Waals surface area contributed by atoms with Crippen molar-refractivity contribution in [3.63, 3.8) is 0 Å². The molecule has 7 nitrogen and oxygen atoms in total. The average molecular weight is 933 g/mol. The van der Waals surface area contributed by atoms with E-state index in [-0.39, 0.29) is 30.2 Å². The summed E-state index contributed by atoms with van der Waals surface area (Å²) >= 11 is 0. The van der Waals surface area contributed by atoms with Crippen LogP contribution in [0.25, 0.3) is 0 Å². The van der Waals surface area contributed by atoms with Gasteiger partial charge in [0.25, 0.3) is 0 Å². The van der Waals surface area contributed by atoms with Gasteiger partial charge in [-0.15, -0.1) is 0 Å². The molecule has 9 heteroatoms. The Morgan fingerprint density at radius 2 is 0.922 bits per heavy atom. The summed E-state index contributed by atoms with van der Waals surface area (Å²) in [5, 5.41) is 0. The molecule has 1 saturated heterocycles. The second-order valence-corrected chi connectivity index (χ2v) is 21.5. The summed E-state index contributed by atoms with van der Waals surface area (Å²) in [6.45, 7) is 8.61. The molecule has 1 aromatic carbocycles. The first-order valence-corrected chi connectivity index (χ1v) is 29.6. The Balaban J connectivity index is 1.61. The third-order valence-electron chi connectivity index (χ3n) is 12.9. The molecule has 0 aromatic heterocycles. The van der Waals surface area contributed by atoms with Crippen LogP contribution < -0.4 is 4.74 Å². The van der Waals surface area contributed by atoms with Gasteiger partial charge in [-0.05, 0) is 69.4 Å². The lowest BCUT2D eigenvalue weighted by Gasteiger charge is -2.26. The van der Waals surface area contributed by atoms with Crippen molar-refractivity contribution in [2.45, 2.75) is 245 Å². The van der Waals surface area contributed by atoms with Gasteiger partial charge in [-0.25, -0.2) is 0 Å². The lowest BCUT2D eigenvalue weighted by molar-refractivity contribution is -0.143. The summed E-state index contributed by atoms with van der Waals surface area (Å²) in [4.78, 5) is 40.5. The van der Waals surface area contributed by atoms with Gasteiger partial charge in [0.2, 0.25) is 0 Å². The highest BCUT2D eigenvalue weighted by molar-refractivity contribution is 8.76. The summed E-state index contributed by atoms with van der Waals surface area (Å²) in [6.07, 6.45) is 44.6. The van der Waals surface area contributed by atoms with E-state index in [1.165, 1.54) is 186 Å². The van der Waals surface area contributed by atoms with Gasteiger partial charge >= 0.3 is 17.9 Å². The number of hydrogen-bond acceptors (Lipinski definition) is 9. The van der Waals surface area contributed by atoms with E-state index in [4.69, 9.17) is 14.2 Å². The number of unbranched alkanes of at least 4 members (excludes halogenated alkanes) is 26. The largest absolute Gasteiger partial charge is 0.465 e. The number of esters is 3. The highest BCUT2D eigenvalue weighted by Crippen LogP contribution is 2.24. The van der Waals surface area contributed by atoms with Crippen LogP contribution in [-0.4, -0.2) is 67.2 Å². The molecular weight excluding hydrogens is 835 g/mol. The fourth-order valence-corrected chi connectivity index (χ4v) is 10.5. The fraction of sp³-hybridized carbons (Fsp3) is 0.836. The molecule has 0 atom stereocenters. The Bertz CT molecular complexity index is 1190. The number of nitrogens with zero attached hydrogens (tertiary/aromatic N) is 1. The monoisotopic (exact) mass is 932 g/mol. The van der Waals surface area contributed by atoms with E-state index in [2.05, 4.69) is 18.7 Å². The van der Waals surface area contributed by atoms with Crippen LogP contribution in [-0.2, 0) is 30.3 Å². The van der Waals surface area contributed by atoms with Gasteiger partial charge in [0.1, 0.15) is 19.0 Å². The van der Waals surface area contributed by atoms with Crippen molar-refractivity contribution in [2.24, 2.45) is 5.92 Å². The molecule has 370 valence electrons. The lowest BCUT2D eigenvalue weighted by Crippen LogP contribution is -2.30. The van der Waals surface area contributed by atoms with Crippen LogP contribution in [0.5, 0.6) is 5.75 Å². The molecule has 2 rings (SSSR count). The van der Waals surface area contributed by atoms with Crippen molar-refractivity contribution in [2.75, 3.05) is 44.4 Å². The molecule has 1 aliphatic rings. The summed E-state index contributed by atoms with van der Waals surface area (Å²) in [5.74, 6) is 1.39. The van der Waals surface area contributed by atoms with Crippen molar-refractivity contribution in [1.82, 2.24) is 4.90 Å². The molecule has 0 N–H and O–H groups in total. The van der Waals surface area contributed by atoms with E-state index in [9.17, 15) is 14.4 Å². The number of hydrogen-bond donors (Lipinski definition) is 0. The lowest BCUT2D eigenvalue weighted by atomic mass is 9.94. The second kappa shape index (κ2) is 43.8. The van der Waals surface area contributed by atoms with Gasteiger partial charge in [-0.3, -0.25) is 14.4 Å². The molecule has 0 radical (unpaired) electrons. The maximum absolute atomic E-state index is 13.5. The van der Waals surface area contributed by atoms with Crippen molar-refractivity contribution in [1.29, 1.82) is 0 Å². The summed E-state index contributed by atoms with van der Waals surface area (Å²) in [5.41, 5.74) is 0.839. The minimum absolute atomic E-state index is 0.0606. The maximum Gasteiger partial charge on any atom is 0.314 e. The van der Waals surface area contributed by atoms with Crippen molar-refractivity contribution in [3.8, 4) is 5.75 Å². The molecular formula is C55H97NO6S2. The molecule has 1 aliphatic heterocycles. The third-order valence-corrected chi connectivity index (χ3v) is 15.2. The molecule has 0 unspecified atom stereocenters. The zero-order valence-electron chi connectivity index (χ0n) is 41.5. The predicted octanol–water partition coefficient (Wildman–Crippen LogP) is 16.2. The van der Waals surface area contributed by atoms with E-state index in [1.54, 1.807) is 21.6 Å². The van der Waals surface area contributed by atoms with E-state index in [0.29, 0.717) is 36.9 Å². The van der Waals surface area contributed by atoms with Crippen LogP contribution in [0.2, 0.25) is 0 Å². The number of ether oxygens (including phenoxy) is 3. The zero-order valence-corrected chi connectivity index (χ0v) is 43.1. The van der Waals surface area contributed by atoms with E-state index < -0.39 is 0 Å². The van der Waals surface area contributed by atoms with Gasteiger partial charge in [-0.1, -0.05) is 234 Å². The molecule has 0 bridgehead atoms. The minimum atomic E-state index is -0.268. The third kappa shape index (κ3) is 35.5. The number of carbonyl (C=O) groups excluding carboxylic acids is 3. The van der Waals surface area contributed by atoms with Gasteiger partial charge in [0, 0.05) is 17.9 Å². The number of carbonyl (C=O) groups is 3. The van der Waals surface area contributed by atoms with Gasteiger partial charge in [-0.2, -0.15) is 0 Å². The maximum atomic E-state index is 13.5. The molecule has 0 aliphatic carbocycles. The molecule has 1 aromatic rings. The Morgan fingerprint density at radius 3 is 1.36 bits per heavy atom. The Labute approximate surface area is 402 Å². The van der Waals surface area contributed by atoms with Crippen molar-refractivity contribution in [3.05, 3.63) is 29.8 Å². The van der Waals surface area contributed by atoms with Gasteiger partial charge < -0.3 is 19.1 Å². The van der Waals surface area contributed by atoms with Crippen LogP contribution in [0.4, 0.5) is 0 Å². The van der Waals surface area contributed by atoms with Crippen LogP contribution in [0.15, 0.2) is 24.3 Å². The zero-order chi connectivity index (χ0) is 45.8. The molecule has 0 amide bonds. The summed E-state index contributed by atoms with van der Waals surface area (Å²) in [6, 6.07) is 7.34. The van der Waals surface area contributed by atoms with Crippen LogP contribution >= 0.6 is 21.6 Å². The SMILES string of the molecule is CCCCCCCCCCCCCCCCC(CCCCCCCCCCCCCCCC)C(=O)Oc1ccc(CC(=O)OCCSSCCOC(=O)CCCN2CCCCC2)cc1. The molecule has 64 heavy (non-hydrogen) atoms. The number of benzene rings is 1. The normalized spacial score (nSPS) is 13.1. The van der Waals surface area contributed by atoms with E-state index in [1.807, 2.05) is 24.3 Å². The van der Waals surface area contributed by atoms with Gasteiger partial charge in [0.15, 0.2) is 0 Å². The minimum Gasteiger partial charge on any atom is -0.465 e. The highest BCUT2D eigenvalue weighted by atomic mass is 33.1. The Morgan fingerprint density at radius 1 is 0.516 bits per heavy atom. The highest BCUT2D eigenvalue weighted by Gasteiger charge is 2.20. The smallest absolute Gasteiger partial charge is 0.314 e. The van der Waals surface area contributed by atoms with E-state index in [0.717, 1.165) is 57.3 Å². The number of rotatable bonds is 45. The van der Waals surface area contributed by atoms with Crippen LogP contribution in [0, 0.1) is 5.92 Å². The number of likely N-dealkylation sites (tertiary alicyclic amines) is 1. The predicted molar refractivity (Wildman–Crippen MR) is 275 cm³/mol. The van der Waals surface area contributed by atoms with E-state index >= 15 is 0 Å². The standard InChI is InChI=1S/C55H97NO6S2/c1-3-5-7-9-11-13-15-17-19-21-23-25-27-30-35-51(36-31-28-26-24-22-20-18-16-14-12-10-8-6-4-2)55(59)62-52-40-38-50(39-41-52)49-54(58)61-46-48-64-63-47-45-60-53(57)37-34-44-56-42-32-29-33-43-56/h38-41,51H,3-37,42-49H2,1-2H3. The molecule has 1 heterocycles.